The molecular weight excluding hydrogens is 209 g/mol. The summed E-state index contributed by atoms with van der Waals surface area (Å²) < 4.78 is 34.9. The molecule has 0 amide bonds. The van der Waals surface area contributed by atoms with E-state index in [2.05, 4.69) is 15.3 Å². The number of nitrogens with one attached hydrogen (secondary N) is 1. The van der Waals surface area contributed by atoms with Crippen LogP contribution in [0, 0.1) is 0 Å². The highest BCUT2D eigenvalue weighted by molar-refractivity contribution is 5.09. The van der Waals surface area contributed by atoms with Gasteiger partial charge in [0.25, 0.3) is 0 Å². The first-order valence-electron chi connectivity index (χ1n) is 4.38. The van der Waals surface area contributed by atoms with Gasteiger partial charge in [0.1, 0.15) is 0 Å². The van der Waals surface area contributed by atoms with Gasteiger partial charge in [0.05, 0.1) is 0 Å². The Morgan fingerprint density at radius 1 is 1.27 bits per heavy atom. The van der Waals surface area contributed by atoms with Gasteiger partial charge in [0.2, 0.25) is 0 Å². The number of aromatic nitrogens is 1. The fourth-order valence-corrected chi connectivity index (χ4v) is 0.950. The fourth-order valence-electron chi connectivity index (χ4n) is 0.950. The van der Waals surface area contributed by atoms with E-state index in [0.717, 1.165) is 5.56 Å². The molecule has 0 aliphatic heterocycles. The van der Waals surface area contributed by atoms with Crippen LogP contribution in [0.25, 0.3) is 0 Å². The van der Waals surface area contributed by atoms with Crippen LogP contribution in [0.2, 0.25) is 0 Å². The van der Waals surface area contributed by atoms with Crippen molar-refractivity contribution in [3.63, 3.8) is 0 Å². The van der Waals surface area contributed by atoms with Crippen molar-refractivity contribution in [3.05, 3.63) is 30.1 Å². The van der Waals surface area contributed by atoms with E-state index in [1.165, 1.54) is 0 Å². The molecule has 6 heteroatoms. The molecule has 3 nitrogen and oxygen atoms in total. The molecular formula is C9H11F3N2O. The third-order valence-corrected chi connectivity index (χ3v) is 1.60. The molecule has 84 valence electrons. The lowest BCUT2D eigenvalue weighted by molar-refractivity contribution is -0.189. The highest BCUT2D eigenvalue weighted by atomic mass is 19.4. The van der Waals surface area contributed by atoms with Crippen molar-refractivity contribution in [1.29, 1.82) is 0 Å². The molecule has 1 heterocycles. The van der Waals surface area contributed by atoms with Crippen LogP contribution < -0.4 is 5.48 Å². The molecule has 0 unspecified atom stereocenters. The Bertz CT molecular complexity index is 276. The molecule has 0 saturated heterocycles. The van der Waals surface area contributed by atoms with Crippen LogP contribution in [-0.2, 0) is 11.3 Å². The molecule has 0 radical (unpaired) electrons. The lowest BCUT2D eigenvalue weighted by atomic mass is 10.2. The normalized spacial score (nSPS) is 11.7. The zero-order valence-electron chi connectivity index (χ0n) is 7.92. The van der Waals surface area contributed by atoms with Crippen LogP contribution in [-0.4, -0.2) is 24.3 Å². The quantitative estimate of drug-likeness (QED) is 0.606. The molecule has 1 rings (SSSR count). The van der Waals surface area contributed by atoms with Gasteiger partial charge in [-0.15, -0.1) is 0 Å². The summed E-state index contributed by atoms with van der Waals surface area (Å²) in [5.74, 6) is 0. The lowest BCUT2D eigenvalue weighted by Crippen LogP contribution is -2.26. The minimum absolute atomic E-state index is 0.333. The van der Waals surface area contributed by atoms with E-state index in [-0.39, 0.29) is 0 Å². The van der Waals surface area contributed by atoms with E-state index in [1.807, 2.05) is 0 Å². The van der Waals surface area contributed by atoms with Crippen LogP contribution in [0.3, 0.4) is 0 Å². The summed E-state index contributed by atoms with van der Waals surface area (Å²) in [6.07, 6.45) is -0.429. The zero-order valence-corrected chi connectivity index (χ0v) is 7.92. The van der Waals surface area contributed by atoms with Crippen LogP contribution >= 0.6 is 0 Å². The van der Waals surface area contributed by atoms with E-state index >= 15 is 0 Å². The first-order chi connectivity index (χ1) is 7.08. The van der Waals surface area contributed by atoms with Gasteiger partial charge in [0, 0.05) is 18.9 Å². The first-order valence-corrected chi connectivity index (χ1v) is 4.38. The summed E-state index contributed by atoms with van der Waals surface area (Å²) in [5.41, 5.74) is 3.24. The van der Waals surface area contributed by atoms with E-state index in [1.54, 1.807) is 24.5 Å². The molecule has 0 spiro atoms. The smallest absolute Gasteiger partial charge is 0.292 e. The van der Waals surface area contributed by atoms with Crippen molar-refractivity contribution in [2.75, 3.05) is 13.2 Å². The summed E-state index contributed by atoms with van der Waals surface area (Å²) in [6.45, 7) is -0.941. The third-order valence-electron chi connectivity index (χ3n) is 1.60. The summed E-state index contributed by atoms with van der Waals surface area (Å²) in [7, 11) is 0. The largest absolute Gasteiger partial charge is 0.413 e. The molecule has 0 saturated carbocycles. The summed E-state index contributed by atoms with van der Waals surface area (Å²) in [4.78, 5) is 8.05. The monoisotopic (exact) mass is 220 g/mol. The van der Waals surface area contributed by atoms with Gasteiger partial charge in [-0.3, -0.25) is 9.82 Å². The first kappa shape index (κ1) is 11.9. The number of hydrogen-bond acceptors (Lipinski definition) is 3. The molecule has 0 aromatic carbocycles. The van der Waals surface area contributed by atoms with Crippen LogP contribution in [0.15, 0.2) is 24.5 Å². The van der Waals surface area contributed by atoms with Gasteiger partial charge in [-0.2, -0.15) is 13.2 Å². The Morgan fingerprint density at radius 3 is 2.53 bits per heavy atom. The number of hydroxylamine groups is 1. The second-order valence-electron chi connectivity index (χ2n) is 2.90. The maximum absolute atomic E-state index is 11.6. The van der Waals surface area contributed by atoms with Crippen molar-refractivity contribution >= 4 is 0 Å². The highest BCUT2D eigenvalue weighted by Crippen LogP contribution is 2.13. The van der Waals surface area contributed by atoms with Gasteiger partial charge >= 0.3 is 6.18 Å². The molecule has 1 aromatic heterocycles. The number of rotatable bonds is 5. The molecule has 0 bridgehead atoms. The molecule has 0 aliphatic carbocycles. The van der Waals surface area contributed by atoms with Crippen molar-refractivity contribution in [2.45, 2.75) is 12.6 Å². The summed E-state index contributed by atoms with van der Waals surface area (Å²) in [6, 6.07) is 3.59. The van der Waals surface area contributed by atoms with Crippen molar-refractivity contribution in [3.8, 4) is 0 Å². The number of pyridine rings is 1. The Hall–Kier alpha value is -1.14. The Kier molecular flexibility index (Phi) is 4.51. The maximum Gasteiger partial charge on any atom is 0.413 e. The summed E-state index contributed by atoms with van der Waals surface area (Å²) in [5, 5.41) is 0. The Balaban J connectivity index is 2.08. The highest BCUT2D eigenvalue weighted by Gasteiger charge is 2.27. The molecule has 15 heavy (non-hydrogen) atoms. The zero-order chi connectivity index (χ0) is 11.1. The van der Waals surface area contributed by atoms with Gasteiger partial charge < -0.3 is 0 Å². The number of alkyl halides is 3. The topological polar surface area (TPSA) is 34.1 Å². The van der Waals surface area contributed by atoms with Crippen LogP contribution in [0.4, 0.5) is 13.2 Å². The second kappa shape index (κ2) is 5.67. The molecule has 1 N–H and O–H groups in total. The number of nitrogens with zero attached hydrogens (tertiary/aromatic N) is 1. The van der Waals surface area contributed by atoms with E-state index in [9.17, 15) is 13.2 Å². The number of halogens is 3. The van der Waals surface area contributed by atoms with Crippen LogP contribution in [0.5, 0.6) is 0 Å². The summed E-state index contributed by atoms with van der Waals surface area (Å²) >= 11 is 0. The van der Waals surface area contributed by atoms with Gasteiger partial charge in [-0.25, -0.2) is 5.48 Å². The lowest BCUT2D eigenvalue weighted by Gasteiger charge is -2.08. The minimum Gasteiger partial charge on any atom is -0.292 e. The average molecular weight is 220 g/mol. The molecule has 1 aromatic rings. The van der Waals surface area contributed by atoms with Gasteiger partial charge in [-0.05, 0) is 24.1 Å². The molecule has 0 aliphatic rings. The fraction of sp³-hybridized carbons (Fsp3) is 0.444. The van der Waals surface area contributed by atoms with Gasteiger partial charge in [-0.1, -0.05) is 0 Å². The molecule has 0 atom stereocenters. The predicted octanol–water partition coefficient (Wildman–Crippen LogP) is 1.71. The van der Waals surface area contributed by atoms with E-state index in [4.69, 9.17) is 0 Å². The minimum atomic E-state index is -4.29. The van der Waals surface area contributed by atoms with Crippen molar-refractivity contribution < 1.29 is 18.0 Å². The second-order valence-corrected chi connectivity index (χ2v) is 2.90. The number of hydrogen-bond donors (Lipinski definition) is 1. The van der Waals surface area contributed by atoms with Crippen molar-refractivity contribution in [2.24, 2.45) is 0 Å². The predicted molar refractivity (Wildman–Crippen MR) is 48.0 cm³/mol. The SMILES string of the molecule is FC(F)(F)CONCCc1ccncc1. The molecule has 0 fully saturated rings. The van der Waals surface area contributed by atoms with Crippen molar-refractivity contribution in [1.82, 2.24) is 10.5 Å². The van der Waals surface area contributed by atoms with E-state index < -0.39 is 12.8 Å². The maximum atomic E-state index is 11.6. The van der Waals surface area contributed by atoms with Gasteiger partial charge in [0.15, 0.2) is 6.61 Å². The standard InChI is InChI=1S/C9H11F3N2O/c10-9(11,12)7-15-14-6-3-8-1-4-13-5-2-8/h1-2,4-5,14H,3,6-7H2. The Morgan fingerprint density at radius 2 is 1.93 bits per heavy atom. The van der Waals surface area contributed by atoms with Crippen LogP contribution in [0.1, 0.15) is 5.56 Å². The van der Waals surface area contributed by atoms with E-state index in [0.29, 0.717) is 13.0 Å². The average Bonchev–Trinajstić information content (AvgIpc) is 2.17. The Labute approximate surface area is 85.2 Å². The third kappa shape index (κ3) is 6.03.